The summed E-state index contributed by atoms with van der Waals surface area (Å²) in [6.07, 6.45) is 0. The smallest absolute Gasteiger partial charge is 0.346 e. The number of carbonyl (C=O) groups is 1. The van der Waals surface area contributed by atoms with E-state index in [1.165, 1.54) is 0 Å². The van der Waals surface area contributed by atoms with Crippen molar-refractivity contribution in [2.24, 2.45) is 0 Å². The highest BCUT2D eigenvalue weighted by atomic mass is 127. The molecule has 0 radical (unpaired) electrons. The number of rotatable bonds is 2. The van der Waals surface area contributed by atoms with Gasteiger partial charge >= 0.3 is 5.97 Å². The fraction of sp³-hybridized carbons (Fsp3) is 0.333. The van der Waals surface area contributed by atoms with E-state index in [0.29, 0.717) is 3.70 Å². The number of aromatic nitrogens is 2. The van der Waals surface area contributed by atoms with Crippen LogP contribution in [0.3, 0.4) is 0 Å². The van der Waals surface area contributed by atoms with Crippen LogP contribution < -0.4 is 5.56 Å². The summed E-state index contributed by atoms with van der Waals surface area (Å²) in [6, 6.07) is 0. The molecule has 1 heterocycles. The fourth-order valence-corrected chi connectivity index (χ4v) is 1.32. The maximum atomic E-state index is 11.1. The zero-order valence-corrected chi connectivity index (χ0v) is 8.47. The van der Waals surface area contributed by atoms with Crippen LogP contribution in [-0.4, -0.2) is 22.8 Å². The number of halogens is 1. The van der Waals surface area contributed by atoms with Gasteiger partial charge in [-0.3, -0.25) is 15.0 Å². The van der Waals surface area contributed by atoms with Crippen molar-refractivity contribution in [2.45, 2.75) is 6.92 Å². The van der Waals surface area contributed by atoms with Gasteiger partial charge in [-0.1, -0.05) is 0 Å². The van der Waals surface area contributed by atoms with Crippen molar-refractivity contribution in [2.75, 3.05) is 6.61 Å². The van der Waals surface area contributed by atoms with E-state index in [4.69, 9.17) is 0 Å². The molecule has 0 fully saturated rings. The minimum Gasteiger partial charge on any atom is -0.462 e. The van der Waals surface area contributed by atoms with Gasteiger partial charge in [0.25, 0.3) is 5.56 Å². The molecule has 5 nitrogen and oxygen atoms in total. The maximum absolute atomic E-state index is 11.1. The number of esters is 1. The molecule has 0 aliphatic heterocycles. The largest absolute Gasteiger partial charge is 0.462 e. The van der Waals surface area contributed by atoms with Crippen LogP contribution in [0.1, 0.15) is 17.3 Å². The van der Waals surface area contributed by atoms with Gasteiger partial charge in [0.1, 0.15) is 3.70 Å². The summed E-state index contributed by atoms with van der Waals surface area (Å²) < 4.78 is 5.13. The van der Waals surface area contributed by atoms with Crippen molar-refractivity contribution in [3.63, 3.8) is 0 Å². The second-order valence-electron chi connectivity index (χ2n) is 1.99. The Labute approximate surface area is 81.6 Å². The number of H-pyrrole nitrogens is 2. The lowest BCUT2D eigenvalue weighted by atomic mass is 10.4. The fourth-order valence-electron chi connectivity index (χ4n) is 0.722. The van der Waals surface area contributed by atoms with Crippen LogP contribution in [0, 0.1) is 3.70 Å². The van der Waals surface area contributed by atoms with Gasteiger partial charge < -0.3 is 4.74 Å². The molecule has 6 heteroatoms. The summed E-state index contributed by atoms with van der Waals surface area (Å²) in [7, 11) is 0. The van der Waals surface area contributed by atoms with Crippen LogP contribution in [0.2, 0.25) is 0 Å². The normalized spacial score (nSPS) is 9.83. The van der Waals surface area contributed by atoms with Gasteiger partial charge in [0, 0.05) is 0 Å². The predicted molar refractivity (Wildman–Crippen MR) is 50.1 cm³/mol. The summed E-state index contributed by atoms with van der Waals surface area (Å²) in [4.78, 5) is 22.0. The topological polar surface area (TPSA) is 75.0 Å². The zero-order chi connectivity index (χ0) is 9.14. The molecule has 0 spiro atoms. The first kappa shape index (κ1) is 9.30. The van der Waals surface area contributed by atoms with E-state index in [2.05, 4.69) is 14.9 Å². The van der Waals surface area contributed by atoms with Gasteiger partial charge in [-0.05, 0) is 29.5 Å². The summed E-state index contributed by atoms with van der Waals surface area (Å²) in [5.74, 6) is -0.593. The molecule has 1 rings (SSSR count). The van der Waals surface area contributed by atoms with Crippen molar-refractivity contribution in [1.29, 1.82) is 0 Å². The van der Waals surface area contributed by atoms with Gasteiger partial charge in [-0.2, -0.15) is 0 Å². The molecule has 2 N–H and O–H groups in total. The van der Waals surface area contributed by atoms with Gasteiger partial charge in [-0.15, -0.1) is 0 Å². The lowest BCUT2D eigenvalue weighted by Gasteiger charge is -1.96. The lowest BCUT2D eigenvalue weighted by Crippen LogP contribution is -2.15. The van der Waals surface area contributed by atoms with Crippen molar-refractivity contribution >= 4 is 28.6 Å². The third-order valence-electron chi connectivity index (χ3n) is 1.21. The molecule has 12 heavy (non-hydrogen) atoms. The zero-order valence-electron chi connectivity index (χ0n) is 6.31. The SMILES string of the molecule is CCOC(=O)c1c(I)[nH][nH]c1=O. The Bertz CT molecular complexity index is 341. The van der Waals surface area contributed by atoms with Gasteiger partial charge in [0.15, 0.2) is 5.56 Å². The van der Waals surface area contributed by atoms with Gasteiger partial charge in [-0.25, -0.2) is 4.79 Å². The van der Waals surface area contributed by atoms with Crippen LogP contribution in [0.5, 0.6) is 0 Å². The van der Waals surface area contributed by atoms with Gasteiger partial charge in [0.2, 0.25) is 0 Å². The molecular formula is C6H7IN2O3. The first-order chi connectivity index (χ1) is 5.66. The van der Waals surface area contributed by atoms with E-state index < -0.39 is 11.5 Å². The Morgan fingerprint density at radius 1 is 1.58 bits per heavy atom. The average molecular weight is 282 g/mol. The van der Waals surface area contributed by atoms with E-state index in [1.54, 1.807) is 6.92 Å². The molecule has 1 aromatic rings. The molecule has 0 aliphatic rings. The Morgan fingerprint density at radius 2 is 2.25 bits per heavy atom. The minimum atomic E-state index is -0.593. The Balaban J connectivity index is 3.01. The molecule has 0 aromatic carbocycles. The number of nitrogens with one attached hydrogen (secondary N) is 2. The van der Waals surface area contributed by atoms with Crippen molar-refractivity contribution in [3.8, 4) is 0 Å². The molecule has 0 aliphatic carbocycles. The molecule has 0 saturated heterocycles. The quantitative estimate of drug-likeness (QED) is 0.612. The Hall–Kier alpha value is -0.790. The minimum absolute atomic E-state index is 0.0393. The number of ether oxygens (including phenoxy) is 1. The summed E-state index contributed by atoms with van der Waals surface area (Å²) in [6.45, 7) is 1.95. The first-order valence-corrected chi connectivity index (χ1v) is 4.38. The van der Waals surface area contributed by atoms with E-state index in [1.807, 2.05) is 22.6 Å². The van der Waals surface area contributed by atoms with E-state index in [9.17, 15) is 9.59 Å². The molecule has 66 valence electrons. The summed E-state index contributed by atoms with van der Waals surface area (Å²) >= 11 is 1.85. The van der Waals surface area contributed by atoms with Crippen LogP contribution in [0.25, 0.3) is 0 Å². The lowest BCUT2D eigenvalue weighted by molar-refractivity contribution is 0.0524. The van der Waals surface area contributed by atoms with Crippen molar-refractivity contribution in [3.05, 3.63) is 19.6 Å². The second-order valence-corrected chi connectivity index (χ2v) is 3.07. The molecule has 0 amide bonds. The van der Waals surface area contributed by atoms with Crippen molar-refractivity contribution < 1.29 is 9.53 Å². The highest BCUT2D eigenvalue weighted by molar-refractivity contribution is 14.1. The Kier molecular flexibility index (Phi) is 2.90. The third kappa shape index (κ3) is 1.68. The average Bonchev–Trinajstić information content (AvgIpc) is 2.32. The molecule has 1 aromatic heterocycles. The number of hydrogen-bond acceptors (Lipinski definition) is 3. The highest BCUT2D eigenvalue weighted by Gasteiger charge is 2.16. The van der Waals surface area contributed by atoms with E-state index in [0.717, 1.165) is 0 Å². The molecule has 0 bridgehead atoms. The van der Waals surface area contributed by atoms with Crippen LogP contribution in [0.15, 0.2) is 4.79 Å². The number of hydrogen-bond donors (Lipinski definition) is 2. The predicted octanol–water partition coefficient (Wildman–Crippen LogP) is 0.484. The standard InChI is InChI=1S/C6H7IN2O3/c1-2-12-6(11)3-4(7)8-9-5(3)10/h2H2,1H3,(H2,8,9,10). The third-order valence-corrected chi connectivity index (χ3v) is 2.02. The number of carbonyl (C=O) groups excluding carboxylic acids is 1. The molecule has 0 saturated carbocycles. The van der Waals surface area contributed by atoms with E-state index in [-0.39, 0.29) is 12.2 Å². The highest BCUT2D eigenvalue weighted by Crippen LogP contribution is 2.04. The summed E-state index contributed by atoms with van der Waals surface area (Å²) in [5.41, 5.74) is -0.407. The molecule has 0 unspecified atom stereocenters. The van der Waals surface area contributed by atoms with Crippen molar-refractivity contribution in [1.82, 2.24) is 10.2 Å². The first-order valence-electron chi connectivity index (χ1n) is 3.30. The second kappa shape index (κ2) is 3.74. The van der Waals surface area contributed by atoms with Crippen LogP contribution in [-0.2, 0) is 4.74 Å². The molecule has 0 atom stereocenters. The summed E-state index contributed by atoms with van der Waals surface area (Å²) in [5, 5.41) is 4.81. The van der Waals surface area contributed by atoms with E-state index >= 15 is 0 Å². The van der Waals surface area contributed by atoms with Crippen LogP contribution in [0.4, 0.5) is 0 Å². The van der Waals surface area contributed by atoms with Crippen LogP contribution >= 0.6 is 22.6 Å². The Morgan fingerprint density at radius 3 is 2.67 bits per heavy atom. The molecular weight excluding hydrogens is 275 g/mol. The monoisotopic (exact) mass is 282 g/mol. The van der Waals surface area contributed by atoms with Gasteiger partial charge in [0.05, 0.1) is 6.61 Å². The number of aromatic amines is 2. The maximum Gasteiger partial charge on any atom is 0.346 e.